The van der Waals surface area contributed by atoms with Crippen molar-refractivity contribution < 1.29 is 9.84 Å². The average Bonchev–Trinajstić information content (AvgIpc) is 2.43. The lowest BCUT2D eigenvalue weighted by Crippen LogP contribution is -2.46. The van der Waals surface area contributed by atoms with Gasteiger partial charge in [-0.1, -0.05) is 6.07 Å². The number of hydrogen-bond acceptors (Lipinski definition) is 4. The van der Waals surface area contributed by atoms with Crippen molar-refractivity contribution in [1.29, 1.82) is 0 Å². The second-order valence-electron chi connectivity index (χ2n) is 5.87. The van der Waals surface area contributed by atoms with E-state index in [0.29, 0.717) is 17.8 Å². The molecule has 0 aliphatic carbocycles. The summed E-state index contributed by atoms with van der Waals surface area (Å²) < 4.78 is 5.17. The van der Waals surface area contributed by atoms with Crippen LogP contribution in [-0.4, -0.2) is 42.8 Å². The molecule has 0 spiro atoms. The SMILES string of the molecule is COc1cc(C(C)NC2CCN(C)C(C)C2)ccc1O. The summed E-state index contributed by atoms with van der Waals surface area (Å²) in [4.78, 5) is 2.41. The van der Waals surface area contributed by atoms with Crippen LogP contribution in [0.15, 0.2) is 18.2 Å². The minimum atomic E-state index is 0.191. The zero-order valence-electron chi connectivity index (χ0n) is 12.9. The average molecular weight is 278 g/mol. The van der Waals surface area contributed by atoms with Crippen molar-refractivity contribution in [3.63, 3.8) is 0 Å². The van der Waals surface area contributed by atoms with E-state index in [0.717, 1.165) is 12.1 Å². The zero-order chi connectivity index (χ0) is 14.7. The van der Waals surface area contributed by atoms with Gasteiger partial charge < -0.3 is 20.1 Å². The third kappa shape index (κ3) is 3.44. The van der Waals surface area contributed by atoms with E-state index in [-0.39, 0.29) is 11.8 Å². The molecule has 0 bridgehead atoms. The molecule has 1 aliphatic heterocycles. The summed E-state index contributed by atoms with van der Waals surface area (Å²) in [5, 5.41) is 13.3. The first-order valence-corrected chi connectivity index (χ1v) is 7.34. The quantitative estimate of drug-likeness (QED) is 0.888. The molecular formula is C16H26N2O2. The number of ether oxygens (including phenoxy) is 1. The van der Waals surface area contributed by atoms with Crippen molar-refractivity contribution in [2.45, 2.75) is 44.8 Å². The van der Waals surface area contributed by atoms with Gasteiger partial charge in [-0.05, 0) is 58.0 Å². The third-order valence-electron chi connectivity index (χ3n) is 4.40. The maximum atomic E-state index is 9.65. The number of phenolic OH excluding ortho intramolecular Hbond substituents is 1. The Morgan fingerprint density at radius 2 is 2.20 bits per heavy atom. The van der Waals surface area contributed by atoms with E-state index in [2.05, 4.69) is 31.1 Å². The smallest absolute Gasteiger partial charge is 0.160 e. The van der Waals surface area contributed by atoms with Gasteiger partial charge in [-0.2, -0.15) is 0 Å². The standard InChI is InChI=1S/C16H26N2O2/c1-11-9-14(7-8-18(11)3)17-12(2)13-5-6-15(19)16(10-13)20-4/h5-6,10-12,14,17,19H,7-9H2,1-4H3. The molecule has 0 amide bonds. The molecule has 1 aromatic rings. The van der Waals surface area contributed by atoms with Crippen molar-refractivity contribution in [1.82, 2.24) is 10.2 Å². The van der Waals surface area contributed by atoms with Gasteiger partial charge in [0.2, 0.25) is 0 Å². The molecule has 1 fully saturated rings. The minimum Gasteiger partial charge on any atom is -0.504 e. The van der Waals surface area contributed by atoms with Crippen molar-refractivity contribution in [2.24, 2.45) is 0 Å². The molecule has 3 atom stereocenters. The second kappa shape index (κ2) is 6.46. The summed E-state index contributed by atoms with van der Waals surface area (Å²) in [6.07, 6.45) is 2.36. The van der Waals surface area contributed by atoms with Crippen LogP contribution in [0.5, 0.6) is 11.5 Å². The molecule has 0 aromatic heterocycles. The van der Waals surface area contributed by atoms with Crippen LogP contribution in [0.4, 0.5) is 0 Å². The second-order valence-corrected chi connectivity index (χ2v) is 5.87. The fraction of sp³-hybridized carbons (Fsp3) is 0.625. The summed E-state index contributed by atoms with van der Waals surface area (Å²) in [7, 11) is 3.77. The van der Waals surface area contributed by atoms with E-state index < -0.39 is 0 Å². The van der Waals surface area contributed by atoms with E-state index >= 15 is 0 Å². The molecular weight excluding hydrogens is 252 g/mol. The maximum Gasteiger partial charge on any atom is 0.160 e. The van der Waals surface area contributed by atoms with Crippen molar-refractivity contribution in [2.75, 3.05) is 20.7 Å². The van der Waals surface area contributed by atoms with Crippen LogP contribution < -0.4 is 10.1 Å². The molecule has 3 unspecified atom stereocenters. The van der Waals surface area contributed by atoms with E-state index in [1.54, 1.807) is 13.2 Å². The Labute approximate surface area is 121 Å². The van der Waals surface area contributed by atoms with Crippen molar-refractivity contribution in [3.8, 4) is 11.5 Å². The van der Waals surface area contributed by atoms with Gasteiger partial charge in [0.15, 0.2) is 11.5 Å². The number of nitrogens with one attached hydrogen (secondary N) is 1. The Morgan fingerprint density at radius 3 is 2.85 bits per heavy atom. The summed E-state index contributed by atoms with van der Waals surface area (Å²) in [6.45, 7) is 5.58. The normalized spacial score (nSPS) is 25.4. The highest BCUT2D eigenvalue weighted by Gasteiger charge is 2.24. The van der Waals surface area contributed by atoms with Gasteiger partial charge in [-0.15, -0.1) is 0 Å². The Hall–Kier alpha value is -1.26. The minimum absolute atomic E-state index is 0.191. The molecule has 1 aromatic carbocycles. The highest BCUT2D eigenvalue weighted by Crippen LogP contribution is 2.29. The third-order valence-corrected chi connectivity index (χ3v) is 4.40. The maximum absolute atomic E-state index is 9.65. The number of nitrogens with zero attached hydrogens (tertiary/aromatic N) is 1. The first-order chi connectivity index (χ1) is 9.51. The Balaban J connectivity index is 1.99. The number of rotatable bonds is 4. The molecule has 2 rings (SSSR count). The molecule has 1 saturated heterocycles. The Morgan fingerprint density at radius 1 is 1.45 bits per heavy atom. The highest BCUT2D eigenvalue weighted by molar-refractivity contribution is 5.42. The molecule has 0 radical (unpaired) electrons. The molecule has 112 valence electrons. The first kappa shape index (κ1) is 15.1. The molecule has 20 heavy (non-hydrogen) atoms. The molecule has 2 N–H and O–H groups in total. The molecule has 0 saturated carbocycles. The number of likely N-dealkylation sites (tertiary alicyclic amines) is 1. The fourth-order valence-electron chi connectivity index (χ4n) is 2.85. The number of piperidine rings is 1. The lowest BCUT2D eigenvalue weighted by molar-refractivity contribution is 0.163. The highest BCUT2D eigenvalue weighted by atomic mass is 16.5. The van der Waals surface area contributed by atoms with Crippen LogP contribution in [-0.2, 0) is 0 Å². The van der Waals surface area contributed by atoms with Crippen LogP contribution in [0.3, 0.4) is 0 Å². The van der Waals surface area contributed by atoms with Crippen LogP contribution in [0.25, 0.3) is 0 Å². The predicted molar refractivity (Wildman–Crippen MR) is 81.3 cm³/mol. The van der Waals surface area contributed by atoms with E-state index in [1.165, 1.54) is 12.8 Å². The van der Waals surface area contributed by atoms with E-state index in [4.69, 9.17) is 4.74 Å². The molecule has 1 heterocycles. The van der Waals surface area contributed by atoms with Crippen molar-refractivity contribution >= 4 is 0 Å². The number of methoxy groups -OCH3 is 1. The largest absolute Gasteiger partial charge is 0.504 e. The van der Waals surface area contributed by atoms with Crippen LogP contribution in [0.1, 0.15) is 38.3 Å². The Kier molecular flexibility index (Phi) is 4.89. The predicted octanol–water partition coefficient (Wildman–Crippen LogP) is 2.53. The van der Waals surface area contributed by atoms with Gasteiger partial charge in [-0.25, -0.2) is 0 Å². The topological polar surface area (TPSA) is 44.7 Å². The zero-order valence-corrected chi connectivity index (χ0v) is 12.9. The molecule has 1 aliphatic rings. The number of aromatic hydroxyl groups is 1. The number of phenols is 1. The number of benzene rings is 1. The number of hydrogen-bond donors (Lipinski definition) is 2. The van der Waals surface area contributed by atoms with Crippen molar-refractivity contribution in [3.05, 3.63) is 23.8 Å². The summed E-state index contributed by atoms with van der Waals surface area (Å²) >= 11 is 0. The van der Waals surface area contributed by atoms with Crippen LogP contribution in [0.2, 0.25) is 0 Å². The van der Waals surface area contributed by atoms with Gasteiger partial charge >= 0.3 is 0 Å². The van der Waals surface area contributed by atoms with E-state index in [9.17, 15) is 5.11 Å². The van der Waals surface area contributed by atoms with Gasteiger partial charge in [0.05, 0.1) is 7.11 Å². The summed E-state index contributed by atoms with van der Waals surface area (Å²) in [6, 6.07) is 6.99. The Bertz CT molecular complexity index is 450. The van der Waals surface area contributed by atoms with Gasteiger partial charge in [0, 0.05) is 18.1 Å². The van der Waals surface area contributed by atoms with Crippen LogP contribution in [0, 0.1) is 0 Å². The lowest BCUT2D eigenvalue weighted by atomic mass is 9.97. The van der Waals surface area contributed by atoms with E-state index in [1.807, 2.05) is 12.1 Å². The van der Waals surface area contributed by atoms with Gasteiger partial charge in [0.1, 0.15) is 0 Å². The van der Waals surface area contributed by atoms with Crippen LogP contribution >= 0.6 is 0 Å². The first-order valence-electron chi connectivity index (χ1n) is 7.34. The fourth-order valence-corrected chi connectivity index (χ4v) is 2.85. The summed E-state index contributed by atoms with van der Waals surface area (Å²) in [5.41, 5.74) is 1.14. The lowest BCUT2D eigenvalue weighted by Gasteiger charge is -2.36. The molecule has 4 nitrogen and oxygen atoms in total. The summed E-state index contributed by atoms with van der Waals surface area (Å²) in [5.74, 6) is 0.726. The van der Waals surface area contributed by atoms with Gasteiger partial charge in [0.25, 0.3) is 0 Å². The van der Waals surface area contributed by atoms with Gasteiger partial charge in [-0.3, -0.25) is 0 Å². The monoisotopic (exact) mass is 278 g/mol. The molecule has 4 heteroatoms.